The lowest BCUT2D eigenvalue weighted by atomic mass is 9.96. The fourth-order valence-electron chi connectivity index (χ4n) is 7.61. The maximum absolute atomic E-state index is 13.3. The normalized spacial score (nSPS) is 13.4. The van der Waals surface area contributed by atoms with Gasteiger partial charge in [0.05, 0.1) is 36.5 Å². The number of nitrogens with zero attached hydrogens (tertiary/aromatic N) is 2. The molecule has 0 saturated carbocycles. The Hall–Kier alpha value is -5.12. The summed E-state index contributed by atoms with van der Waals surface area (Å²) in [5, 5.41) is 0. The molecule has 5 rings (SSSR count). The Morgan fingerprint density at radius 3 is 1.02 bits per heavy atom. The molecule has 2 aliphatic heterocycles. The summed E-state index contributed by atoms with van der Waals surface area (Å²) in [5.41, 5.74) is 5.22. The molecule has 0 spiro atoms. The average molecular weight is 765 g/mol. The molecule has 0 aliphatic carbocycles. The van der Waals surface area contributed by atoms with Gasteiger partial charge in [0.25, 0.3) is 23.6 Å². The third kappa shape index (κ3) is 11.0. The molecule has 0 fully saturated rings. The molecular weight excluding hydrogens is 709 g/mol. The Bertz CT molecular complexity index is 1730. The maximum Gasteiger partial charge on any atom is 0.305 e. The second kappa shape index (κ2) is 21.3. The van der Waals surface area contributed by atoms with E-state index in [1.807, 2.05) is 36.4 Å². The largest absolute Gasteiger partial charge is 0.469 e. The highest BCUT2D eigenvalue weighted by Crippen LogP contribution is 2.33. The predicted molar refractivity (Wildman–Crippen MR) is 215 cm³/mol. The highest BCUT2D eigenvalue weighted by atomic mass is 16.5. The Labute approximate surface area is 330 Å². The first-order valence-corrected chi connectivity index (χ1v) is 20.5. The van der Waals surface area contributed by atoms with E-state index in [1.165, 1.54) is 24.0 Å². The number of hydrogen-bond acceptors (Lipinski definition) is 8. The minimum Gasteiger partial charge on any atom is -0.469 e. The van der Waals surface area contributed by atoms with E-state index in [-0.39, 0.29) is 35.6 Å². The van der Waals surface area contributed by atoms with E-state index in [9.17, 15) is 28.8 Å². The first kappa shape index (κ1) is 42.0. The smallest absolute Gasteiger partial charge is 0.305 e. The van der Waals surface area contributed by atoms with Gasteiger partial charge in [0, 0.05) is 25.9 Å². The molecule has 2 aliphatic rings. The Morgan fingerprint density at radius 2 is 0.679 bits per heavy atom. The van der Waals surface area contributed by atoms with Gasteiger partial charge in [0.1, 0.15) is 0 Å². The van der Waals surface area contributed by atoms with Crippen LogP contribution in [0, 0.1) is 0 Å². The summed E-state index contributed by atoms with van der Waals surface area (Å²) < 4.78 is 9.35. The second-order valence-electron chi connectivity index (χ2n) is 14.9. The number of carbonyl (C=O) groups is 6. The van der Waals surface area contributed by atoms with Crippen molar-refractivity contribution >= 4 is 35.6 Å². The predicted octanol–water partition coefficient (Wildman–Crippen LogP) is 9.58. The van der Waals surface area contributed by atoms with Gasteiger partial charge < -0.3 is 9.47 Å². The Kier molecular flexibility index (Phi) is 16.0. The molecular formula is C46H56N2O8. The summed E-state index contributed by atoms with van der Waals surface area (Å²) in [5.74, 6) is -1.29. The van der Waals surface area contributed by atoms with Crippen molar-refractivity contribution in [1.29, 1.82) is 0 Å². The molecule has 56 heavy (non-hydrogen) atoms. The standard InChI is InChI=1S/C46H56N2O8/c1-55-41(49)19-15-11-7-3-5-9-13-17-29-47-43(51)37-27-25-35(31-39(37)45(47)53)33-21-23-34(24-22-33)36-26-28-38-40(32-36)46(54)48(44(38)52)30-18-14-10-6-4-8-12-16-20-42(50)56-2/h21-28,31-32H,3-20,29-30H2,1-2H3. The molecule has 3 aromatic rings. The minimum atomic E-state index is -0.249. The molecule has 0 unspecified atom stereocenters. The van der Waals surface area contributed by atoms with Crippen LogP contribution in [0.15, 0.2) is 60.7 Å². The Balaban J connectivity index is 1.06. The van der Waals surface area contributed by atoms with E-state index >= 15 is 0 Å². The van der Waals surface area contributed by atoms with Crippen LogP contribution in [-0.2, 0) is 19.1 Å². The fraction of sp³-hybridized carbons (Fsp3) is 0.478. The van der Waals surface area contributed by atoms with Gasteiger partial charge in [-0.2, -0.15) is 0 Å². The van der Waals surface area contributed by atoms with Crippen LogP contribution in [0.2, 0.25) is 0 Å². The summed E-state index contributed by atoms with van der Waals surface area (Å²) in [7, 11) is 2.83. The molecule has 10 nitrogen and oxygen atoms in total. The number of methoxy groups -OCH3 is 2. The van der Waals surface area contributed by atoms with Crippen molar-refractivity contribution in [3.05, 3.63) is 82.9 Å². The second-order valence-corrected chi connectivity index (χ2v) is 14.9. The number of rotatable bonds is 24. The number of unbranched alkanes of at least 4 members (excludes halogenated alkanes) is 14. The van der Waals surface area contributed by atoms with Crippen molar-refractivity contribution in [2.45, 2.75) is 116 Å². The van der Waals surface area contributed by atoms with Crippen LogP contribution in [0.3, 0.4) is 0 Å². The van der Waals surface area contributed by atoms with Crippen molar-refractivity contribution in [3.8, 4) is 22.3 Å². The quantitative estimate of drug-likeness (QED) is 0.0502. The van der Waals surface area contributed by atoms with E-state index < -0.39 is 0 Å². The molecule has 298 valence electrons. The summed E-state index contributed by atoms with van der Waals surface area (Å²) in [6.45, 7) is 0.815. The van der Waals surface area contributed by atoms with E-state index in [0.29, 0.717) is 48.2 Å². The molecule has 0 bridgehead atoms. The van der Waals surface area contributed by atoms with Crippen molar-refractivity contribution < 1.29 is 38.2 Å². The molecule has 0 radical (unpaired) electrons. The third-order valence-electron chi connectivity index (χ3n) is 11.0. The van der Waals surface area contributed by atoms with Crippen molar-refractivity contribution in [1.82, 2.24) is 9.80 Å². The number of ether oxygens (including phenoxy) is 2. The van der Waals surface area contributed by atoms with Crippen LogP contribution in [0.5, 0.6) is 0 Å². The van der Waals surface area contributed by atoms with Crippen LogP contribution >= 0.6 is 0 Å². The molecule has 0 saturated heterocycles. The lowest BCUT2D eigenvalue weighted by Gasteiger charge is -2.13. The van der Waals surface area contributed by atoms with Crippen LogP contribution < -0.4 is 0 Å². The number of benzene rings is 3. The third-order valence-corrected chi connectivity index (χ3v) is 11.0. The van der Waals surface area contributed by atoms with Crippen LogP contribution in [0.4, 0.5) is 0 Å². The molecule has 4 amide bonds. The molecule has 2 heterocycles. The van der Waals surface area contributed by atoms with Gasteiger partial charge >= 0.3 is 11.9 Å². The van der Waals surface area contributed by atoms with Crippen LogP contribution in [0.1, 0.15) is 157 Å². The monoisotopic (exact) mass is 764 g/mol. The van der Waals surface area contributed by atoms with E-state index in [1.54, 1.807) is 24.3 Å². The topological polar surface area (TPSA) is 127 Å². The zero-order valence-electron chi connectivity index (χ0n) is 33.1. The van der Waals surface area contributed by atoms with Gasteiger partial charge in [-0.1, -0.05) is 113 Å². The lowest BCUT2D eigenvalue weighted by molar-refractivity contribution is -0.141. The number of amides is 4. The number of hydrogen-bond donors (Lipinski definition) is 0. The van der Waals surface area contributed by atoms with Crippen LogP contribution in [0.25, 0.3) is 22.3 Å². The molecule has 10 heteroatoms. The Morgan fingerprint density at radius 1 is 0.393 bits per heavy atom. The summed E-state index contributed by atoms with van der Waals surface area (Å²) in [6, 6.07) is 18.7. The average Bonchev–Trinajstić information content (AvgIpc) is 3.60. The highest BCUT2D eigenvalue weighted by Gasteiger charge is 2.36. The lowest BCUT2D eigenvalue weighted by Crippen LogP contribution is -2.30. The summed E-state index contributed by atoms with van der Waals surface area (Å²) >= 11 is 0. The van der Waals surface area contributed by atoms with E-state index in [4.69, 9.17) is 0 Å². The van der Waals surface area contributed by atoms with Gasteiger partial charge in [-0.3, -0.25) is 38.6 Å². The van der Waals surface area contributed by atoms with Gasteiger partial charge in [-0.25, -0.2) is 0 Å². The molecule has 3 aromatic carbocycles. The fourth-order valence-corrected chi connectivity index (χ4v) is 7.61. The van der Waals surface area contributed by atoms with E-state index in [0.717, 1.165) is 125 Å². The first-order chi connectivity index (χ1) is 27.2. The molecule has 0 N–H and O–H groups in total. The SMILES string of the molecule is COC(=O)CCCCCCCCCCN1C(=O)c2ccc(-c3ccc(-c4ccc5c(c4)C(=O)N(CCCCCCCCCCC(=O)OC)C5=O)cc3)cc2C1=O. The van der Waals surface area contributed by atoms with Gasteiger partial charge in [-0.15, -0.1) is 0 Å². The molecule has 0 aromatic heterocycles. The van der Waals surface area contributed by atoms with Gasteiger partial charge in [0.15, 0.2) is 0 Å². The number of esters is 2. The summed E-state index contributed by atoms with van der Waals surface area (Å²) in [4.78, 5) is 77.9. The first-order valence-electron chi connectivity index (χ1n) is 20.5. The summed E-state index contributed by atoms with van der Waals surface area (Å²) in [6.07, 6.45) is 16.8. The number of fused-ring (bicyclic) bond motifs is 2. The maximum atomic E-state index is 13.3. The van der Waals surface area contributed by atoms with Gasteiger partial charge in [-0.05, 0) is 72.2 Å². The zero-order valence-corrected chi connectivity index (χ0v) is 33.1. The van der Waals surface area contributed by atoms with E-state index in [2.05, 4.69) is 9.47 Å². The zero-order chi connectivity index (χ0) is 39.9. The van der Waals surface area contributed by atoms with Crippen molar-refractivity contribution in [3.63, 3.8) is 0 Å². The van der Waals surface area contributed by atoms with Gasteiger partial charge in [0.2, 0.25) is 0 Å². The molecule has 0 atom stereocenters. The number of carbonyl (C=O) groups excluding carboxylic acids is 6. The highest BCUT2D eigenvalue weighted by molar-refractivity contribution is 6.22. The minimum absolute atomic E-state index is 0.157. The number of imide groups is 2. The van der Waals surface area contributed by atoms with Crippen molar-refractivity contribution in [2.24, 2.45) is 0 Å². The van der Waals surface area contributed by atoms with Crippen LogP contribution in [-0.4, -0.2) is 72.7 Å². The van der Waals surface area contributed by atoms with Crippen molar-refractivity contribution in [2.75, 3.05) is 27.3 Å².